The molecule has 102 valence electrons. The fraction of sp³-hybridized carbons (Fsp3) is 0.533. The van der Waals surface area contributed by atoms with Gasteiger partial charge in [-0.25, -0.2) is 4.79 Å². The van der Waals surface area contributed by atoms with Crippen molar-refractivity contribution >= 4 is 17.6 Å². The number of aromatic carboxylic acids is 1. The first-order valence-corrected chi connectivity index (χ1v) is 7.25. The predicted octanol–water partition coefficient (Wildman–Crippen LogP) is 3.27. The van der Waals surface area contributed by atoms with Crippen molar-refractivity contribution in [1.82, 2.24) is 4.90 Å². The normalized spacial score (nSPS) is 26.6. The molecule has 1 heterocycles. The van der Waals surface area contributed by atoms with Gasteiger partial charge in [0.25, 0.3) is 0 Å². The van der Waals surface area contributed by atoms with E-state index in [0.29, 0.717) is 5.02 Å². The molecule has 0 radical (unpaired) electrons. The zero-order chi connectivity index (χ0) is 13.4. The Morgan fingerprint density at radius 2 is 2.00 bits per heavy atom. The molecule has 1 saturated carbocycles. The van der Waals surface area contributed by atoms with E-state index in [1.54, 1.807) is 12.1 Å². The second-order valence-corrected chi connectivity index (χ2v) is 6.16. The van der Waals surface area contributed by atoms with Crippen molar-refractivity contribution in [2.45, 2.75) is 25.8 Å². The summed E-state index contributed by atoms with van der Waals surface area (Å²) in [6, 6.07) is 5.04. The van der Waals surface area contributed by atoms with Gasteiger partial charge >= 0.3 is 5.97 Å². The fourth-order valence-corrected chi connectivity index (χ4v) is 3.75. The summed E-state index contributed by atoms with van der Waals surface area (Å²) in [7, 11) is 0. The lowest BCUT2D eigenvalue weighted by Crippen LogP contribution is -2.21. The van der Waals surface area contributed by atoms with E-state index in [9.17, 15) is 4.79 Å². The molecule has 1 saturated heterocycles. The molecule has 3 rings (SSSR count). The van der Waals surface area contributed by atoms with Gasteiger partial charge in [-0.1, -0.05) is 24.1 Å². The number of carbonyl (C=O) groups is 1. The monoisotopic (exact) mass is 279 g/mol. The van der Waals surface area contributed by atoms with Crippen molar-refractivity contribution in [3.8, 4) is 0 Å². The molecule has 1 N–H and O–H groups in total. The van der Waals surface area contributed by atoms with Crippen molar-refractivity contribution < 1.29 is 9.90 Å². The van der Waals surface area contributed by atoms with Crippen LogP contribution < -0.4 is 0 Å². The Morgan fingerprint density at radius 3 is 2.58 bits per heavy atom. The Hall–Kier alpha value is -1.06. The van der Waals surface area contributed by atoms with Crippen LogP contribution in [-0.2, 0) is 6.54 Å². The van der Waals surface area contributed by atoms with Crippen LogP contribution in [0.15, 0.2) is 18.2 Å². The molecule has 1 aliphatic heterocycles. The molecule has 2 atom stereocenters. The molecular weight excluding hydrogens is 262 g/mol. The Bertz CT molecular complexity index is 491. The summed E-state index contributed by atoms with van der Waals surface area (Å²) in [6.07, 6.45) is 4.12. The number of carboxylic acids is 1. The molecule has 0 bridgehead atoms. The number of likely N-dealkylation sites (tertiary alicyclic amines) is 1. The summed E-state index contributed by atoms with van der Waals surface area (Å²) < 4.78 is 0. The third kappa shape index (κ3) is 2.63. The van der Waals surface area contributed by atoms with Gasteiger partial charge in [0.15, 0.2) is 0 Å². The van der Waals surface area contributed by atoms with Gasteiger partial charge in [-0.15, -0.1) is 0 Å². The van der Waals surface area contributed by atoms with Crippen LogP contribution in [0.3, 0.4) is 0 Å². The van der Waals surface area contributed by atoms with Gasteiger partial charge in [0.05, 0.1) is 5.56 Å². The molecule has 1 aromatic rings. The predicted molar refractivity (Wildman–Crippen MR) is 74.5 cm³/mol. The minimum Gasteiger partial charge on any atom is -0.478 e. The van der Waals surface area contributed by atoms with E-state index in [2.05, 4.69) is 4.90 Å². The Labute approximate surface area is 118 Å². The molecule has 3 nitrogen and oxygen atoms in total. The number of halogens is 1. The molecule has 19 heavy (non-hydrogen) atoms. The first-order chi connectivity index (χ1) is 9.13. The van der Waals surface area contributed by atoms with Crippen molar-refractivity contribution in [2.75, 3.05) is 13.1 Å². The Morgan fingerprint density at radius 1 is 1.32 bits per heavy atom. The van der Waals surface area contributed by atoms with Gasteiger partial charge in [0.1, 0.15) is 0 Å². The number of nitrogens with zero attached hydrogens (tertiary/aromatic N) is 1. The minimum absolute atomic E-state index is 0.257. The average molecular weight is 280 g/mol. The van der Waals surface area contributed by atoms with Crippen LogP contribution in [0, 0.1) is 11.8 Å². The van der Waals surface area contributed by atoms with Crippen molar-refractivity contribution in [3.63, 3.8) is 0 Å². The highest BCUT2D eigenvalue weighted by atomic mass is 35.5. The number of fused-ring (bicyclic) bond motifs is 1. The zero-order valence-corrected chi connectivity index (χ0v) is 11.6. The molecular formula is C15H18ClNO2. The number of hydrogen-bond donors (Lipinski definition) is 1. The van der Waals surface area contributed by atoms with Crippen LogP contribution in [0.2, 0.25) is 5.02 Å². The van der Waals surface area contributed by atoms with E-state index in [4.69, 9.17) is 16.7 Å². The molecule has 0 spiro atoms. The van der Waals surface area contributed by atoms with Crippen LogP contribution in [0.5, 0.6) is 0 Å². The van der Waals surface area contributed by atoms with Crippen LogP contribution in [0.4, 0.5) is 0 Å². The smallest absolute Gasteiger partial charge is 0.335 e. The molecule has 4 heteroatoms. The molecule has 0 aromatic heterocycles. The van der Waals surface area contributed by atoms with E-state index in [1.165, 1.54) is 32.4 Å². The summed E-state index contributed by atoms with van der Waals surface area (Å²) in [6.45, 7) is 3.18. The average Bonchev–Trinajstić information content (AvgIpc) is 2.92. The highest BCUT2D eigenvalue weighted by Gasteiger charge is 2.35. The lowest BCUT2D eigenvalue weighted by Gasteiger charge is -2.17. The third-order valence-corrected chi connectivity index (χ3v) is 4.85. The number of benzene rings is 1. The number of hydrogen-bond acceptors (Lipinski definition) is 2. The maximum Gasteiger partial charge on any atom is 0.335 e. The van der Waals surface area contributed by atoms with Gasteiger partial charge < -0.3 is 5.11 Å². The van der Waals surface area contributed by atoms with Gasteiger partial charge in [-0.05, 0) is 42.4 Å². The summed E-state index contributed by atoms with van der Waals surface area (Å²) >= 11 is 6.18. The molecule has 2 unspecified atom stereocenters. The summed E-state index contributed by atoms with van der Waals surface area (Å²) in [5.41, 5.74) is 1.29. The minimum atomic E-state index is -0.927. The zero-order valence-electron chi connectivity index (χ0n) is 10.8. The van der Waals surface area contributed by atoms with E-state index in [-0.39, 0.29) is 5.56 Å². The molecule has 1 aromatic carbocycles. The molecule has 0 amide bonds. The first kappa shape index (κ1) is 12.9. The van der Waals surface area contributed by atoms with Gasteiger partial charge in [-0.2, -0.15) is 0 Å². The van der Waals surface area contributed by atoms with Crippen molar-refractivity contribution in [2.24, 2.45) is 11.8 Å². The highest BCUT2D eigenvalue weighted by Crippen LogP contribution is 2.38. The number of rotatable bonds is 3. The van der Waals surface area contributed by atoms with Crippen LogP contribution in [0.1, 0.15) is 35.2 Å². The standard InChI is InChI=1S/C15H18ClNO2/c16-14-6-10(15(18)19)4-5-13(14)9-17-7-11-2-1-3-12(11)8-17/h4-6,11-12H,1-3,7-9H2,(H,18,19). The van der Waals surface area contributed by atoms with Crippen LogP contribution in [-0.4, -0.2) is 29.1 Å². The van der Waals surface area contributed by atoms with Crippen molar-refractivity contribution in [1.29, 1.82) is 0 Å². The van der Waals surface area contributed by atoms with Gasteiger partial charge in [0.2, 0.25) is 0 Å². The second kappa shape index (κ2) is 5.14. The number of carboxylic acid groups (broad SMARTS) is 1. The van der Waals surface area contributed by atoms with Gasteiger partial charge in [-0.3, -0.25) is 4.90 Å². The largest absolute Gasteiger partial charge is 0.478 e. The SMILES string of the molecule is O=C(O)c1ccc(CN2CC3CCCC3C2)c(Cl)c1. The fourth-order valence-electron chi connectivity index (χ4n) is 3.51. The van der Waals surface area contributed by atoms with Crippen LogP contribution in [0.25, 0.3) is 0 Å². The summed E-state index contributed by atoms with van der Waals surface area (Å²) in [5.74, 6) is 0.818. The topological polar surface area (TPSA) is 40.5 Å². The van der Waals surface area contributed by atoms with Crippen LogP contribution >= 0.6 is 11.6 Å². The van der Waals surface area contributed by atoms with Crippen molar-refractivity contribution in [3.05, 3.63) is 34.3 Å². The second-order valence-electron chi connectivity index (χ2n) is 5.76. The Balaban J connectivity index is 1.69. The lowest BCUT2D eigenvalue weighted by molar-refractivity contribution is 0.0697. The molecule has 2 fully saturated rings. The van der Waals surface area contributed by atoms with Gasteiger partial charge in [0, 0.05) is 24.7 Å². The quantitative estimate of drug-likeness (QED) is 0.923. The first-order valence-electron chi connectivity index (χ1n) is 6.87. The highest BCUT2D eigenvalue weighted by molar-refractivity contribution is 6.31. The van der Waals surface area contributed by atoms with E-state index < -0.39 is 5.97 Å². The van der Waals surface area contributed by atoms with E-state index in [1.807, 2.05) is 6.07 Å². The summed E-state index contributed by atoms with van der Waals surface area (Å²) in [4.78, 5) is 13.3. The molecule has 2 aliphatic rings. The molecule has 1 aliphatic carbocycles. The lowest BCUT2D eigenvalue weighted by atomic mass is 10.0. The summed E-state index contributed by atoms with van der Waals surface area (Å²) in [5, 5.41) is 9.49. The van der Waals surface area contributed by atoms with E-state index in [0.717, 1.165) is 23.9 Å². The third-order valence-electron chi connectivity index (χ3n) is 4.50. The Kier molecular flexibility index (Phi) is 3.50. The maximum atomic E-state index is 10.9. The maximum absolute atomic E-state index is 10.9. The van der Waals surface area contributed by atoms with E-state index >= 15 is 0 Å².